The third kappa shape index (κ3) is 1.25. The highest BCUT2D eigenvalue weighted by atomic mass is 14.3. The Morgan fingerprint density at radius 1 is 0.682 bits per heavy atom. The van der Waals surface area contributed by atoms with Gasteiger partial charge in [0.05, 0.1) is 0 Å². The van der Waals surface area contributed by atoms with Crippen molar-refractivity contribution in [1.29, 1.82) is 0 Å². The van der Waals surface area contributed by atoms with E-state index in [4.69, 9.17) is 0 Å². The zero-order valence-corrected chi connectivity index (χ0v) is 13.7. The van der Waals surface area contributed by atoms with E-state index in [1.807, 2.05) is 12.2 Å². The third-order valence-electron chi connectivity index (χ3n) is 5.56. The van der Waals surface area contributed by atoms with Crippen molar-refractivity contribution in [3.05, 3.63) is 70.8 Å². The second kappa shape index (κ2) is 4.10. The van der Waals surface area contributed by atoms with Crippen LogP contribution in [-0.2, 0) is 0 Å². The summed E-state index contributed by atoms with van der Waals surface area (Å²) >= 11 is 0. The van der Waals surface area contributed by atoms with Crippen LogP contribution < -0.4 is 0 Å². The summed E-state index contributed by atoms with van der Waals surface area (Å²) in [6, 6.07) is 4.52. The van der Waals surface area contributed by atoms with E-state index < -0.39 is 0 Å². The number of hydrogen-bond acceptors (Lipinski definition) is 0. The zero-order chi connectivity index (χ0) is 15.8. The molecule has 108 valence electrons. The molecule has 0 radical (unpaired) electrons. The minimum absolute atomic E-state index is 1.28. The minimum Gasteiger partial charge on any atom is -0.0984 e. The molecule has 0 fully saturated rings. The summed E-state index contributed by atoms with van der Waals surface area (Å²) < 4.78 is 0. The summed E-state index contributed by atoms with van der Waals surface area (Å²) in [6.45, 7) is 17.0. The van der Waals surface area contributed by atoms with E-state index in [9.17, 15) is 0 Å². The minimum atomic E-state index is 1.28. The first-order chi connectivity index (χ1) is 10.5. The molecule has 0 nitrogen and oxygen atoms in total. The van der Waals surface area contributed by atoms with Crippen LogP contribution in [0.1, 0.15) is 47.2 Å². The first-order valence-corrected chi connectivity index (χ1v) is 7.80. The summed E-state index contributed by atoms with van der Waals surface area (Å²) in [5.74, 6) is 0. The summed E-state index contributed by atoms with van der Waals surface area (Å²) in [4.78, 5) is 0. The molecule has 2 aliphatic rings. The van der Waals surface area contributed by atoms with Gasteiger partial charge in [-0.1, -0.05) is 37.4 Å². The van der Waals surface area contributed by atoms with Gasteiger partial charge in [-0.15, -0.1) is 0 Å². The number of benzene rings is 2. The topological polar surface area (TPSA) is 0 Å². The van der Waals surface area contributed by atoms with Crippen LogP contribution in [0.2, 0.25) is 0 Å². The fraction of sp³-hybridized carbons (Fsp3) is 0.182. The zero-order valence-electron chi connectivity index (χ0n) is 13.7. The van der Waals surface area contributed by atoms with E-state index in [1.54, 1.807) is 0 Å². The average molecular weight is 284 g/mol. The summed E-state index contributed by atoms with van der Waals surface area (Å²) in [7, 11) is 0. The Labute approximate surface area is 132 Å². The molecule has 0 bridgehead atoms. The first-order valence-electron chi connectivity index (χ1n) is 7.80. The van der Waals surface area contributed by atoms with Gasteiger partial charge in [0, 0.05) is 0 Å². The lowest BCUT2D eigenvalue weighted by Gasteiger charge is -2.15. The summed E-state index contributed by atoms with van der Waals surface area (Å²) in [6.07, 6.45) is 4.01. The maximum Gasteiger partial charge on any atom is -0.00146 e. The molecular weight excluding hydrogens is 264 g/mol. The van der Waals surface area contributed by atoms with E-state index >= 15 is 0 Å². The van der Waals surface area contributed by atoms with E-state index in [-0.39, 0.29) is 0 Å². The molecule has 0 atom stereocenters. The molecular formula is C22H20. The number of hydrogen-bond donors (Lipinski definition) is 0. The van der Waals surface area contributed by atoms with Gasteiger partial charge >= 0.3 is 0 Å². The van der Waals surface area contributed by atoms with Crippen LogP contribution in [0.25, 0.3) is 33.1 Å². The fourth-order valence-corrected chi connectivity index (χ4v) is 4.46. The molecule has 0 amide bonds. The van der Waals surface area contributed by atoms with E-state index in [1.165, 1.54) is 66.4 Å². The molecule has 2 aromatic carbocycles. The van der Waals surface area contributed by atoms with Gasteiger partial charge < -0.3 is 0 Å². The van der Waals surface area contributed by atoms with Crippen molar-refractivity contribution < 1.29 is 0 Å². The highest BCUT2D eigenvalue weighted by Crippen LogP contribution is 2.53. The third-order valence-corrected chi connectivity index (χ3v) is 5.56. The predicted molar refractivity (Wildman–Crippen MR) is 98.8 cm³/mol. The molecule has 0 spiro atoms. The number of allylic oxidation sites excluding steroid dienone is 6. The van der Waals surface area contributed by atoms with Crippen LogP contribution in [0, 0.1) is 13.8 Å². The van der Waals surface area contributed by atoms with Gasteiger partial charge in [0.1, 0.15) is 0 Å². The van der Waals surface area contributed by atoms with Crippen molar-refractivity contribution in [3.63, 3.8) is 0 Å². The quantitative estimate of drug-likeness (QED) is 0.605. The van der Waals surface area contributed by atoms with Gasteiger partial charge in [-0.25, -0.2) is 0 Å². The maximum absolute atomic E-state index is 4.04. The van der Waals surface area contributed by atoms with Crippen molar-refractivity contribution in [2.45, 2.75) is 27.7 Å². The molecule has 0 heteroatoms. The maximum atomic E-state index is 4.04. The normalized spacial score (nSPS) is 15.3. The predicted octanol–water partition coefficient (Wildman–Crippen LogP) is 6.32. The average Bonchev–Trinajstić information content (AvgIpc) is 2.95. The van der Waals surface area contributed by atoms with E-state index in [2.05, 4.69) is 53.0 Å². The second-order valence-electron chi connectivity index (χ2n) is 6.40. The van der Waals surface area contributed by atoms with Crippen LogP contribution in [0.4, 0.5) is 0 Å². The molecule has 0 saturated carbocycles. The molecule has 0 heterocycles. The Morgan fingerprint density at radius 3 is 1.36 bits per heavy atom. The molecule has 0 unspecified atom stereocenters. The Bertz CT molecular complexity index is 895. The monoisotopic (exact) mass is 284 g/mol. The SMILES string of the molecule is C=CC1=C(C)c2c(C)c(C)c3c4c(ccc1c24)C(C=C)=C3C. The van der Waals surface area contributed by atoms with Crippen LogP contribution in [0.3, 0.4) is 0 Å². The van der Waals surface area contributed by atoms with Crippen LogP contribution in [0.5, 0.6) is 0 Å². The lowest BCUT2D eigenvalue weighted by molar-refractivity contribution is 1.32. The Kier molecular flexibility index (Phi) is 2.49. The van der Waals surface area contributed by atoms with Crippen molar-refractivity contribution >= 4 is 33.1 Å². The summed E-state index contributed by atoms with van der Waals surface area (Å²) in [5.41, 5.74) is 13.6. The lowest BCUT2D eigenvalue weighted by Crippen LogP contribution is -1.95. The second-order valence-corrected chi connectivity index (χ2v) is 6.40. The summed E-state index contributed by atoms with van der Waals surface area (Å²) in [5, 5.41) is 2.83. The lowest BCUT2D eigenvalue weighted by atomic mass is 9.88. The largest absolute Gasteiger partial charge is 0.0984 e. The highest BCUT2D eigenvalue weighted by molar-refractivity contribution is 6.25. The van der Waals surface area contributed by atoms with Gasteiger partial charge in [-0.2, -0.15) is 0 Å². The molecule has 2 aliphatic carbocycles. The molecule has 0 N–H and O–H groups in total. The smallest absolute Gasteiger partial charge is 0.00146 e. The molecule has 2 aromatic rings. The Morgan fingerprint density at radius 2 is 1.05 bits per heavy atom. The van der Waals surface area contributed by atoms with Crippen molar-refractivity contribution in [3.8, 4) is 0 Å². The number of rotatable bonds is 2. The van der Waals surface area contributed by atoms with Crippen LogP contribution in [0.15, 0.2) is 37.4 Å². The Hall–Kier alpha value is -2.34. The van der Waals surface area contributed by atoms with Crippen molar-refractivity contribution in [2.75, 3.05) is 0 Å². The molecule has 4 rings (SSSR count). The van der Waals surface area contributed by atoms with Crippen LogP contribution >= 0.6 is 0 Å². The van der Waals surface area contributed by atoms with Crippen LogP contribution in [-0.4, -0.2) is 0 Å². The van der Waals surface area contributed by atoms with Gasteiger partial charge in [0.2, 0.25) is 0 Å². The molecule has 0 aliphatic heterocycles. The Balaban J connectivity index is 2.32. The molecule has 22 heavy (non-hydrogen) atoms. The first kappa shape index (κ1) is 13.3. The van der Waals surface area contributed by atoms with Crippen molar-refractivity contribution in [2.24, 2.45) is 0 Å². The van der Waals surface area contributed by atoms with Gasteiger partial charge in [-0.05, 0) is 94.1 Å². The van der Waals surface area contributed by atoms with Gasteiger partial charge in [-0.3, -0.25) is 0 Å². The van der Waals surface area contributed by atoms with Crippen molar-refractivity contribution in [1.82, 2.24) is 0 Å². The molecule has 0 aromatic heterocycles. The van der Waals surface area contributed by atoms with E-state index in [0.29, 0.717) is 0 Å². The highest BCUT2D eigenvalue weighted by Gasteiger charge is 2.30. The fourth-order valence-electron chi connectivity index (χ4n) is 4.46. The van der Waals surface area contributed by atoms with Gasteiger partial charge in [0.25, 0.3) is 0 Å². The molecule has 0 saturated heterocycles. The van der Waals surface area contributed by atoms with E-state index in [0.717, 1.165) is 0 Å². The van der Waals surface area contributed by atoms with Gasteiger partial charge in [0.15, 0.2) is 0 Å². The standard InChI is InChI=1S/C22H20/c1-7-15-13(5)19-11(3)12(4)20-14(6)16(8-2)18-10-9-17(15)21(19)22(18)20/h7-10H,1-2H2,3-6H3.